The summed E-state index contributed by atoms with van der Waals surface area (Å²) < 4.78 is 1.90. The van der Waals surface area contributed by atoms with E-state index in [1.807, 2.05) is 29.1 Å². The Morgan fingerprint density at radius 1 is 1.14 bits per heavy atom. The van der Waals surface area contributed by atoms with Gasteiger partial charge in [-0.25, -0.2) is 9.67 Å². The van der Waals surface area contributed by atoms with Crippen molar-refractivity contribution in [3.8, 4) is 0 Å². The number of hydrogen-bond donors (Lipinski definition) is 2. The van der Waals surface area contributed by atoms with Crippen LogP contribution in [0.5, 0.6) is 0 Å². The van der Waals surface area contributed by atoms with Gasteiger partial charge >= 0.3 is 0 Å². The van der Waals surface area contributed by atoms with Gasteiger partial charge in [0.1, 0.15) is 0 Å². The third kappa shape index (κ3) is 7.03. The molecule has 1 aromatic carbocycles. The van der Waals surface area contributed by atoms with Crippen LogP contribution in [0.4, 0.5) is 5.95 Å². The van der Waals surface area contributed by atoms with E-state index in [4.69, 9.17) is 0 Å². The number of rotatable bonds is 10. The number of amides is 1. The molecule has 0 spiro atoms. The maximum atomic E-state index is 11.0. The molecule has 0 aliphatic rings. The molecule has 7 heteroatoms. The van der Waals surface area contributed by atoms with Crippen LogP contribution < -0.4 is 5.32 Å². The average Bonchev–Trinajstić information content (AvgIpc) is 3.31. The third-order valence-electron chi connectivity index (χ3n) is 4.51. The van der Waals surface area contributed by atoms with Gasteiger partial charge in [-0.2, -0.15) is 0 Å². The molecule has 29 heavy (non-hydrogen) atoms. The van der Waals surface area contributed by atoms with Gasteiger partial charge in [-0.15, -0.1) is 5.10 Å². The number of benzene rings is 1. The number of imidazole rings is 1. The molecule has 3 aromatic rings. The number of carbonyl (C=O) groups excluding carboxylic acids is 1. The highest BCUT2D eigenvalue weighted by molar-refractivity contribution is 5.86. The van der Waals surface area contributed by atoms with Crippen molar-refractivity contribution in [3.63, 3.8) is 0 Å². The first kappa shape index (κ1) is 20.5. The lowest BCUT2D eigenvalue weighted by molar-refractivity contribution is -0.114. The van der Waals surface area contributed by atoms with Gasteiger partial charge in [0.25, 0.3) is 0 Å². The zero-order valence-corrected chi connectivity index (χ0v) is 17.1. The molecule has 0 aliphatic carbocycles. The van der Waals surface area contributed by atoms with Crippen molar-refractivity contribution in [2.45, 2.75) is 52.5 Å². The maximum absolute atomic E-state index is 11.0. The van der Waals surface area contributed by atoms with Gasteiger partial charge in [0.15, 0.2) is 0 Å². The summed E-state index contributed by atoms with van der Waals surface area (Å²) >= 11 is 0. The average molecular weight is 393 g/mol. The molecule has 7 nitrogen and oxygen atoms in total. The van der Waals surface area contributed by atoms with Crippen LogP contribution in [0, 0.1) is 0 Å². The summed E-state index contributed by atoms with van der Waals surface area (Å²) in [7, 11) is 0. The zero-order chi connectivity index (χ0) is 20.5. The summed E-state index contributed by atoms with van der Waals surface area (Å²) in [5.74, 6) is 0.394. The molecule has 0 unspecified atom stereocenters. The van der Waals surface area contributed by atoms with Gasteiger partial charge in [-0.3, -0.25) is 10.1 Å². The number of aromatic amines is 1. The van der Waals surface area contributed by atoms with Crippen LogP contribution in [0.3, 0.4) is 0 Å². The second-order valence-electron chi connectivity index (χ2n) is 7.31. The van der Waals surface area contributed by atoms with Crippen molar-refractivity contribution in [1.29, 1.82) is 0 Å². The first-order chi connectivity index (χ1) is 14.1. The fourth-order valence-electron chi connectivity index (χ4n) is 3.18. The van der Waals surface area contributed by atoms with E-state index < -0.39 is 0 Å². The Kier molecular flexibility index (Phi) is 7.33. The Hall–Kier alpha value is -3.22. The number of aromatic nitrogens is 5. The van der Waals surface area contributed by atoms with E-state index in [1.165, 1.54) is 18.1 Å². The van der Waals surface area contributed by atoms with Gasteiger partial charge in [-0.05, 0) is 38.2 Å². The number of H-pyrrole nitrogens is 1. The number of nitrogens with one attached hydrogen (secondary N) is 2. The third-order valence-corrected chi connectivity index (χ3v) is 4.51. The predicted molar refractivity (Wildman–Crippen MR) is 114 cm³/mol. The Bertz CT molecular complexity index is 941. The van der Waals surface area contributed by atoms with Crippen LogP contribution in [-0.2, 0) is 24.2 Å². The molecule has 2 aromatic heterocycles. The second-order valence-corrected chi connectivity index (χ2v) is 7.31. The van der Waals surface area contributed by atoms with Gasteiger partial charge in [0, 0.05) is 18.8 Å². The number of hydrogen-bond acceptors (Lipinski definition) is 4. The van der Waals surface area contributed by atoms with E-state index in [2.05, 4.69) is 50.7 Å². The molecule has 0 saturated carbocycles. The fraction of sp³-hybridized carbons (Fsp3) is 0.364. The van der Waals surface area contributed by atoms with Crippen LogP contribution in [-0.4, -0.2) is 30.9 Å². The van der Waals surface area contributed by atoms with Crippen LogP contribution in [0.2, 0.25) is 0 Å². The summed E-state index contributed by atoms with van der Waals surface area (Å²) in [6.45, 7) is 4.33. The van der Waals surface area contributed by atoms with E-state index in [9.17, 15) is 4.79 Å². The van der Waals surface area contributed by atoms with Crippen molar-refractivity contribution in [2.75, 3.05) is 5.32 Å². The molecule has 152 valence electrons. The smallest absolute Gasteiger partial charge is 0.223 e. The SMILES string of the molecule is CC(=O)Nc1ncc(CCCCCc2cn(C/C(C)=C/c3ccccc3)nn2)[nH]1. The number of allylic oxidation sites excluding steroid dienone is 1. The number of anilines is 1. The number of nitrogens with zero attached hydrogens (tertiary/aromatic N) is 4. The Morgan fingerprint density at radius 3 is 2.72 bits per heavy atom. The summed E-state index contributed by atoms with van der Waals surface area (Å²) in [6.07, 6.45) is 11.1. The number of unbranched alkanes of at least 4 members (excludes halogenated alkanes) is 2. The standard InChI is InChI=1S/C22H28N6O/c1-17(13-19-9-5-3-6-10-19)15-28-16-21(26-27-28)12-8-4-7-11-20-14-23-22(25-20)24-18(2)29/h3,5-6,9-10,13-14,16H,4,7-8,11-12,15H2,1-2H3,(H2,23,24,25,29)/b17-13+. The minimum atomic E-state index is -0.121. The molecular weight excluding hydrogens is 364 g/mol. The van der Waals surface area contributed by atoms with Crippen molar-refractivity contribution in [2.24, 2.45) is 0 Å². The summed E-state index contributed by atoms with van der Waals surface area (Å²) in [6, 6.07) is 10.3. The molecule has 0 bridgehead atoms. The topological polar surface area (TPSA) is 88.5 Å². The van der Waals surface area contributed by atoms with Gasteiger partial charge in [0.05, 0.1) is 18.4 Å². The molecular formula is C22H28N6O. The van der Waals surface area contributed by atoms with Crippen molar-refractivity contribution >= 4 is 17.9 Å². The maximum Gasteiger partial charge on any atom is 0.223 e. The number of carbonyl (C=O) groups is 1. The first-order valence-electron chi connectivity index (χ1n) is 10.0. The van der Waals surface area contributed by atoms with Gasteiger partial charge < -0.3 is 4.98 Å². The van der Waals surface area contributed by atoms with E-state index in [1.54, 1.807) is 6.20 Å². The molecule has 2 heterocycles. The molecule has 2 N–H and O–H groups in total. The van der Waals surface area contributed by atoms with Gasteiger partial charge in [0.2, 0.25) is 11.9 Å². The molecule has 0 fully saturated rings. The highest BCUT2D eigenvalue weighted by Gasteiger charge is 2.04. The van der Waals surface area contributed by atoms with E-state index in [-0.39, 0.29) is 5.91 Å². The van der Waals surface area contributed by atoms with Crippen LogP contribution in [0.25, 0.3) is 6.08 Å². The molecule has 3 rings (SSSR count). The predicted octanol–water partition coefficient (Wildman–Crippen LogP) is 4.02. The largest absolute Gasteiger partial charge is 0.328 e. The Morgan fingerprint density at radius 2 is 1.93 bits per heavy atom. The first-order valence-corrected chi connectivity index (χ1v) is 10.0. The second kappa shape index (κ2) is 10.4. The number of aryl methyl sites for hydroxylation is 2. The summed E-state index contributed by atoms with van der Waals surface area (Å²) in [5.41, 5.74) is 4.52. The summed E-state index contributed by atoms with van der Waals surface area (Å²) in [4.78, 5) is 18.3. The van der Waals surface area contributed by atoms with Crippen molar-refractivity contribution < 1.29 is 4.79 Å². The van der Waals surface area contributed by atoms with Gasteiger partial charge in [-0.1, -0.05) is 53.6 Å². The van der Waals surface area contributed by atoms with Crippen molar-refractivity contribution in [1.82, 2.24) is 25.0 Å². The van der Waals surface area contributed by atoms with Crippen molar-refractivity contribution in [3.05, 3.63) is 65.2 Å². The highest BCUT2D eigenvalue weighted by atomic mass is 16.1. The fourth-order valence-corrected chi connectivity index (χ4v) is 3.18. The molecule has 1 amide bonds. The zero-order valence-electron chi connectivity index (χ0n) is 17.1. The molecule has 0 aliphatic heterocycles. The van der Waals surface area contributed by atoms with Crippen LogP contribution in [0.1, 0.15) is 50.1 Å². The van der Waals surface area contributed by atoms with Crippen LogP contribution >= 0.6 is 0 Å². The minimum Gasteiger partial charge on any atom is -0.328 e. The monoisotopic (exact) mass is 392 g/mol. The summed E-state index contributed by atoms with van der Waals surface area (Å²) in [5, 5.41) is 11.2. The lowest BCUT2D eigenvalue weighted by Gasteiger charge is -2.01. The Labute approximate surface area is 171 Å². The normalized spacial score (nSPS) is 11.6. The molecule has 0 saturated heterocycles. The lowest BCUT2D eigenvalue weighted by Crippen LogP contribution is -2.07. The molecule has 0 atom stereocenters. The lowest BCUT2D eigenvalue weighted by atomic mass is 10.1. The van der Waals surface area contributed by atoms with E-state index in [0.717, 1.165) is 50.0 Å². The van der Waals surface area contributed by atoms with E-state index in [0.29, 0.717) is 5.95 Å². The highest BCUT2D eigenvalue weighted by Crippen LogP contribution is 2.11. The Balaban J connectivity index is 1.36. The quantitative estimate of drug-likeness (QED) is 0.510. The van der Waals surface area contributed by atoms with Crippen LogP contribution in [0.15, 0.2) is 48.3 Å². The van der Waals surface area contributed by atoms with E-state index >= 15 is 0 Å². The minimum absolute atomic E-state index is 0.121. The molecule has 0 radical (unpaired) electrons.